The van der Waals surface area contributed by atoms with E-state index >= 15 is 0 Å². The predicted octanol–water partition coefficient (Wildman–Crippen LogP) is 4.92. The quantitative estimate of drug-likeness (QED) is 0.630. The third kappa shape index (κ3) is 5.93. The van der Waals surface area contributed by atoms with Gasteiger partial charge in [0, 0.05) is 36.1 Å². The van der Waals surface area contributed by atoms with Crippen LogP contribution in [0.25, 0.3) is 0 Å². The molecule has 1 unspecified atom stereocenters. The lowest BCUT2D eigenvalue weighted by Gasteiger charge is -2.47. The Morgan fingerprint density at radius 3 is 2.53 bits per heavy atom. The first-order valence-corrected chi connectivity index (χ1v) is 12.4. The minimum Gasteiger partial charge on any atom is -0.478 e. The lowest BCUT2D eigenvalue weighted by Crippen LogP contribution is -2.49. The van der Waals surface area contributed by atoms with Gasteiger partial charge in [-0.2, -0.15) is 0 Å². The van der Waals surface area contributed by atoms with Crippen molar-refractivity contribution < 1.29 is 9.53 Å². The van der Waals surface area contributed by atoms with Crippen LogP contribution in [0.15, 0.2) is 41.4 Å². The van der Waals surface area contributed by atoms with E-state index in [0.29, 0.717) is 27.8 Å². The normalized spacial score (nSPS) is 23.4. The van der Waals surface area contributed by atoms with Crippen molar-refractivity contribution in [2.75, 3.05) is 45.9 Å². The number of dihydropyridines is 1. The van der Waals surface area contributed by atoms with Crippen molar-refractivity contribution in [2.24, 2.45) is 22.2 Å². The molecule has 2 saturated heterocycles. The molecule has 3 aliphatic heterocycles. The molecule has 3 aliphatic rings. The molecule has 3 heterocycles. The van der Waals surface area contributed by atoms with Crippen LogP contribution in [0.1, 0.15) is 49.9 Å². The van der Waals surface area contributed by atoms with Gasteiger partial charge in [-0.05, 0) is 74.4 Å². The standard InChI is InChI=1S/C26H36ClN3O2/c1-20(2)19-32-24-7-6-21(17-28-24)18-29-12-8-26(9-13-29)10-14-30(15-11-26)25(31)22-4-3-5-23(27)16-22/h3-7,16,20-21H,8-15,17-19H2,1-2H3. The summed E-state index contributed by atoms with van der Waals surface area (Å²) >= 11 is 6.07. The Morgan fingerprint density at radius 1 is 1.19 bits per heavy atom. The number of hydrogen-bond donors (Lipinski definition) is 0. The van der Waals surface area contributed by atoms with E-state index in [4.69, 9.17) is 16.3 Å². The molecule has 0 radical (unpaired) electrons. The molecule has 0 saturated carbocycles. The number of piperidine rings is 2. The number of rotatable bonds is 5. The summed E-state index contributed by atoms with van der Waals surface area (Å²) in [4.78, 5) is 22.1. The highest BCUT2D eigenvalue weighted by molar-refractivity contribution is 6.30. The van der Waals surface area contributed by atoms with Gasteiger partial charge in [-0.15, -0.1) is 0 Å². The summed E-state index contributed by atoms with van der Waals surface area (Å²) in [6.07, 6.45) is 9.00. The van der Waals surface area contributed by atoms with E-state index in [1.807, 2.05) is 23.1 Å². The number of benzene rings is 1. The van der Waals surface area contributed by atoms with Crippen LogP contribution >= 0.6 is 11.6 Å². The minimum absolute atomic E-state index is 0.112. The van der Waals surface area contributed by atoms with E-state index in [1.54, 1.807) is 6.07 Å². The van der Waals surface area contributed by atoms with Crippen molar-refractivity contribution in [3.8, 4) is 0 Å². The summed E-state index contributed by atoms with van der Waals surface area (Å²) in [7, 11) is 0. The van der Waals surface area contributed by atoms with Crippen molar-refractivity contribution >= 4 is 23.4 Å². The number of carbonyl (C=O) groups excluding carboxylic acids is 1. The predicted molar refractivity (Wildman–Crippen MR) is 130 cm³/mol. The maximum Gasteiger partial charge on any atom is 0.253 e. The number of halogens is 1. The number of hydrogen-bond acceptors (Lipinski definition) is 4. The van der Waals surface area contributed by atoms with Gasteiger partial charge in [0.1, 0.15) is 0 Å². The first kappa shape index (κ1) is 23.3. The lowest BCUT2D eigenvalue weighted by molar-refractivity contribution is 0.0283. The molecule has 32 heavy (non-hydrogen) atoms. The molecule has 6 heteroatoms. The summed E-state index contributed by atoms with van der Waals surface area (Å²) in [6.45, 7) is 10.9. The fourth-order valence-electron chi connectivity index (χ4n) is 5.03. The van der Waals surface area contributed by atoms with E-state index in [9.17, 15) is 4.79 Å². The number of nitrogens with zero attached hydrogens (tertiary/aromatic N) is 3. The molecule has 5 nitrogen and oxygen atoms in total. The molecule has 0 aliphatic carbocycles. The Hall–Kier alpha value is -1.85. The Kier molecular flexibility index (Phi) is 7.57. The molecule has 1 aromatic carbocycles. The van der Waals surface area contributed by atoms with Crippen LogP contribution in [0.4, 0.5) is 0 Å². The van der Waals surface area contributed by atoms with Gasteiger partial charge in [0.25, 0.3) is 5.91 Å². The highest BCUT2D eigenvalue weighted by atomic mass is 35.5. The van der Waals surface area contributed by atoms with Gasteiger partial charge >= 0.3 is 0 Å². The van der Waals surface area contributed by atoms with E-state index in [2.05, 4.69) is 35.9 Å². The van der Waals surface area contributed by atoms with Gasteiger partial charge < -0.3 is 14.5 Å². The van der Waals surface area contributed by atoms with E-state index in [-0.39, 0.29) is 5.91 Å². The summed E-state index contributed by atoms with van der Waals surface area (Å²) in [5, 5.41) is 0.620. The Morgan fingerprint density at radius 2 is 1.91 bits per heavy atom. The van der Waals surface area contributed by atoms with E-state index < -0.39 is 0 Å². The second kappa shape index (κ2) is 10.4. The molecule has 1 amide bonds. The summed E-state index contributed by atoms with van der Waals surface area (Å²) < 4.78 is 5.73. The SMILES string of the molecule is CC(C)COC1=NCC(CN2CCC3(CC2)CCN(C(=O)c2cccc(Cl)c2)CC3)C=C1. The molecule has 1 aromatic rings. The van der Waals surface area contributed by atoms with E-state index in [0.717, 1.165) is 64.6 Å². The van der Waals surface area contributed by atoms with Crippen molar-refractivity contribution in [2.45, 2.75) is 39.5 Å². The third-order valence-corrected chi connectivity index (χ3v) is 7.38. The largest absolute Gasteiger partial charge is 0.478 e. The van der Waals surface area contributed by atoms with Crippen molar-refractivity contribution in [3.63, 3.8) is 0 Å². The van der Waals surface area contributed by atoms with Gasteiger partial charge in [-0.1, -0.05) is 37.6 Å². The zero-order valence-electron chi connectivity index (χ0n) is 19.4. The monoisotopic (exact) mass is 457 g/mol. The average molecular weight is 458 g/mol. The molecule has 2 fully saturated rings. The fourth-order valence-corrected chi connectivity index (χ4v) is 5.22. The smallest absolute Gasteiger partial charge is 0.253 e. The van der Waals surface area contributed by atoms with Crippen LogP contribution in [-0.4, -0.2) is 67.5 Å². The highest BCUT2D eigenvalue weighted by Gasteiger charge is 2.38. The number of carbonyl (C=O) groups is 1. The summed E-state index contributed by atoms with van der Waals surface area (Å²) in [5.74, 6) is 1.90. The fraction of sp³-hybridized carbons (Fsp3) is 0.615. The van der Waals surface area contributed by atoms with Crippen molar-refractivity contribution in [3.05, 3.63) is 47.0 Å². The molecule has 1 atom stereocenters. The topological polar surface area (TPSA) is 45.1 Å². The molecule has 0 N–H and O–H groups in total. The highest BCUT2D eigenvalue weighted by Crippen LogP contribution is 2.41. The van der Waals surface area contributed by atoms with Crippen LogP contribution < -0.4 is 0 Å². The summed E-state index contributed by atoms with van der Waals surface area (Å²) in [5.41, 5.74) is 1.10. The molecular weight excluding hydrogens is 422 g/mol. The zero-order valence-corrected chi connectivity index (χ0v) is 20.2. The molecule has 174 valence electrons. The zero-order chi connectivity index (χ0) is 22.6. The molecule has 1 spiro atoms. The molecule has 0 bridgehead atoms. The lowest BCUT2D eigenvalue weighted by atomic mass is 9.71. The van der Waals surface area contributed by atoms with Crippen LogP contribution in [0.2, 0.25) is 5.02 Å². The second-order valence-electron chi connectivity index (χ2n) is 10.1. The minimum atomic E-state index is 0.112. The van der Waals surface area contributed by atoms with Crippen LogP contribution in [0.5, 0.6) is 0 Å². The van der Waals surface area contributed by atoms with Gasteiger partial charge in [0.05, 0.1) is 13.2 Å². The van der Waals surface area contributed by atoms with E-state index in [1.165, 1.54) is 12.8 Å². The van der Waals surface area contributed by atoms with Gasteiger partial charge in [0.2, 0.25) is 5.90 Å². The first-order chi connectivity index (χ1) is 15.4. The maximum atomic E-state index is 12.8. The molecule has 4 rings (SSSR count). The van der Waals surface area contributed by atoms with Gasteiger partial charge in [-0.3, -0.25) is 9.79 Å². The Labute approximate surface area is 197 Å². The van der Waals surface area contributed by atoms with Gasteiger partial charge in [-0.25, -0.2) is 0 Å². The van der Waals surface area contributed by atoms with Gasteiger partial charge in [0.15, 0.2) is 0 Å². The maximum absolute atomic E-state index is 12.8. The molecule has 0 aromatic heterocycles. The first-order valence-electron chi connectivity index (χ1n) is 12.1. The Bertz CT molecular complexity index is 848. The van der Waals surface area contributed by atoms with Crippen LogP contribution in [0.3, 0.4) is 0 Å². The number of amides is 1. The van der Waals surface area contributed by atoms with Crippen molar-refractivity contribution in [1.82, 2.24) is 9.80 Å². The van der Waals surface area contributed by atoms with Crippen molar-refractivity contribution in [1.29, 1.82) is 0 Å². The van der Waals surface area contributed by atoms with Crippen LogP contribution in [-0.2, 0) is 4.74 Å². The number of likely N-dealkylation sites (tertiary alicyclic amines) is 2. The van der Waals surface area contributed by atoms with Crippen LogP contribution in [0, 0.1) is 17.3 Å². The number of ether oxygens (including phenoxy) is 1. The Balaban J connectivity index is 1.20. The molecular formula is C26H36ClN3O2. The third-order valence-electron chi connectivity index (χ3n) is 7.15. The average Bonchev–Trinajstić information content (AvgIpc) is 2.80. The second-order valence-corrected chi connectivity index (χ2v) is 10.5. The summed E-state index contributed by atoms with van der Waals surface area (Å²) in [6, 6.07) is 7.30. The number of aliphatic imine (C=N–C) groups is 1.